The van der Waals surface area contributed by atoms with Gasteiger partial charge in [0.1, 0.15) is 0 Å². The molecule has 1 aromatic rings. The third kappa shape index (κ3) is 2.91. The highest BCUT2D eigenvalue weighted by molar-refractivity contribution is 7.89. The average Bonchev–Trinajstić information content (AvgIpc) is 2.34. The first-order valence-corrected chi connectivity index (χ1v) is 7.74. The standard InChI is InChI=1S/C13H19NO3S/c1-2-11-5-3-6-12(9-11)18(16,17)14-10-13(15)7-4-8-13/h3,5-6,9,14-15H,2,4,7-8,10H2,1H3. The van der Waals surface area contributed by atoms with Crippen molar-refractivity contribution < 1.29 is 13.5 Å². The first-order chi connectivity index (χ1) is 8.45. The second kappa shape index (κ2) is 4.99. The van der Waals surface area contributed by atoms with Crippen LogP contribution in [0.2, 0.25) is 0 Å². The molecule has 1 saturated carbocycles. The zero-order chi connectivity index (χ0) is 13.2. The smallest absolute Gasteiger partial charge is 0.240 e. The van der Waals surface area contributed by atoms with E-state index < -0.39 is 15.6 Å². The second-order valence-corrected chi connectivity index (χ2v) is 6.67. The van der Waals surface area contributed by atoms with Crippen LogP contribution in [0.1, 0.15) is 31.7 Å². The Hall–Kier alpha value is -0.910. The highest BCUT2D eigenvalue weighted by atomic mass is 32.2. The monoisotopic (exact) mass is 269 g/mol. The van der Waals surface area contributed by atoms with Gasteiger partial charge in [-0.2, -0.15) is 0 Å². The Kier molecular flexibility index (Phi) is 3.75. The zero-order valence-corrected chi connectivity index (χ0v) is 11.3. The summed E-state index contributed by atoms with van der Waals surface area (Å²) in [6, 6.07) is 6.89. The summed E-state index contributed by atoms with van der Waals surface area (Å²) in [7, 11) is -3.51. The quantitative estimate of drug-likeness (QED) is 0.850. The molecule has 0 amide bonds. The van der Waals surface area contributed by atoms with Gasteiger partial charge in [0.05, 0.1) is 10.5 Å². The Morgan fingerprint density at radius 3 is 2.67 bits per heavy atom. The van der Waals surface area contributed by atoms with Crippen molar-refractivity contribution in [2.45, 2.75) is 43.1 Å². The molecule has 1 aromatic carbocycles. The van der Waals surface area contributed by atoms with Gasteiger partial charge < -0.3 is 5.11 Å². The van der Waals surface area contributed by atoms with Crippen LogP contribution >= 0.6 is 0 Å². The molecule has 0 radical (unpaired) electrons. The molecule has 4 nitrogen and oxygen atoms in total. The van der Waals surface area contributed by atoms with Crippen molar-refractivity contribution in [2.75, 3.05) is 6.54 Å². The predicted molar refractivity (Wildman–Crippen MR) is 69.8 cm³/mol. The van der Waals surface area contributed by atoms with Gasteiger partial charge in [-0.1, -0.05) is 19.1 Å². The minimum Gasteiger partial charge on any atom is -0.389 e. The van der Waals surface area contributed by atoms with E-state index >= 15 is 0 Å². The minimum atomic E-state index is -3.51. The van der Waals surface area contributed by atoms with Gasteiger partial charge in [0, 0.05) is 6.54 Å². The summed E-state index contributed by atoms with van der Waals surface area (Å²) in [4.78, 5) is 0.268. The van der Waals surface area contributed by atoms with Gasteiger partial charge in [0.15, 0.2) is 0 Å². The number of rotatable bonds is 5. The molecule has 0 atom stereocenters. The molecule has 100 valence electrons. The molecule has 0 saturated heterocycles. The number of hydrogen-bond acceptors (Lipinski definition) is 3. The van der Waals surface area contributed by atoms with Crippen molar-refractivity contribution in [3.8, 4) is 0 Å². The lowest BCUT2D eigenvalue weighted by Crippen LogP contribution is -2.47. The summed E-state index contributed by atoms with van der Waals surface area (Å²) in [5, 5.41) is 9.89. The summed E-state index contributed by atoms with van der Waals surface area (Å²) >= 11 is 0. The van der Waals surface area contributed by atoms with Crippen LogP contribution in [0, 0.1) is 0 Å². The van der Waals surface area contributed by atoms with Crippen LogP contribution < -0.4 is 4.72 Å². The van der Waals surface area contributed by atoms with Crippen LogP contribution in [0.3, 0.4) is 0 Å². The summed E-state index contributed by atoms with van der Waals surface area (Å²) in [6.45, 7) is 2.09. The van der Waals surface area contributed by atoms with Crippen molar-refractivity contribution >= 4 is 10.0 Å². The fourth-order valence-corrected chi connectivity index (χ4v) is 3.20. The summed E-state index contributed by atoms with van der Waals surface area (Å²) in [6.07, 6.45) is 3.10. The number of aliphatic hydroxyl groups is 1. The molecule has 0 aliphatic heterocycles. The van der Waals surface area contributed by atoms with Crippen LogP contribution in [0.15, 0.2) is 29.2 Å². The summed E-state index contributed by atoms with van der Waals surface area (Å²) in [5.74, 6) is 0. The molecule has 1 fully saturated rings. The van der Waals surface area contributed by atoms with Gasteiger partial charge in [-0.15, -0.1) is 0 Å². The van der Waals surface area contributed by atoms with E-state index in [1.165, 1.54) is 0 Å². The Balaban J connectivity index is 2.09. The van der Waals surface area contributed by atoms with E-state index in [0.29, 0.717) is 12.8 Å². The molecule has 18 heavy (non-hydrogen) atoms. The van der Waals surface area contributed by atoms with Crippen molar-refractivity contribution in [3.05, 3.63) is 29.8 Å². The summed E-state index contributed by atoms with van der Waals surface area (Å²) in [5.41, 5.74) is 0.148. The predicted octanol–water partition coefficient (Wildman–Crippen LogP) is 1.44. The Bertz CT molecular complexity index is 521. The first kappa shape index (κ1) is 13.5. The van der Waals surface area contributed by atoms with Crippen molar-refractivity contribution in [3.63, 3.8) is 0 Å². The van der Waals surface area contributed by atoms with Gasteiger partial charge in [0.25, 0.3) is 0 Å². The maximum Gasteiger partial charge on any atom is 0.240 e. The third-order valence-electron chi connectivity index (χ3n) is 3.49. The second-order valence-electron chi connectivity index (χ2n) is 4.90. The van der Waals surface area contributed by atoms with E-state index in [9.17, 15) is 13.5 Å². The van der Waals surface area contributed by atoms with Crippen molar-refractivity contribution in [2.24, 2.45) is 0 Å². The number of aryl methyl sites for hydroxylation is 1. The molecule has 0 unspecified atom stereocenters. The van der Waals surface area contributed by atoms with Gasteiger partial charge in [-0.3, -0.25) is 0 Å². The highest BCUT2D eigenvalue weighted by Gasteiger charge is 2.35. The summed E-state index contributed by atoms with van der Waals surface area (Å²) < 4.78 is 26.6. The lowest BCUT2D eigenvalue weighted by atomic mass is 9.81. The van der Waals surface area contributed by atoms with E-state index in [1.807, 2.05) is 13.0 Å². The zero-order valence-electron chi connectivity index (χ0n) is 10.5. The maximum absolute atomic E-state index is 12.1. The molecular weight excluding hydrogens is 250 g/mol. The van der Waals surface area contributed by atoms with Crippen LogP contribution in [0.5, 0.6) is 0 Å². The average molecular weight is 269 g/mol. The van der Waals surface area contributed by atoms with E-state index in [1.54, 1.807) is 18.2 Å². The number of sulfonamides is 1. The molecule has 5 heteroatoms. The van der Waals surface area contributed by atoms with Crippen LogP contribution in [0.25, 0.3) is 0 Å². The van der Waals surface area contributed by atoms with E-state index in [4.69, 9.17) is 0 Å². The fraction of sp³-hybridized carbons (Fsp3) is 0.538. The molecule has 0 spiro atoms. The number of benzene rings is 1. The molecule has 2 rings (SSSR count). The maximum atomic E-state index is 12.1. The Morgan fingerprint density at radius 2 is 2.11 bits per heavy atom. The lowest BCUT2D eigenvalue weighted by molar-refractivity contribution is -0.0270. The number of hydrogen-bond donors (Lipinski definition) is 2. The minimum absolute atomic E-state index is 0.103. The topological polar surface area (TPSA) is 66.4 Å². The largest absolute Gasteiger partial charge is 0.389 e. The number of nitrogens with one attached hydrogen (secondary N) is 1. The molecular formula is C13H19NO3S. The van der Waals surface area contributed by atoms with Gasteiger partial charge in [-0.25, -0.2) is 13.1 Å². The van der Waals surface area contributed by atoms with Gasteiger partial charge in [0.2, 0.25) is 10.0 Å². The fourth-order valence-electron chi connectivity index (χ4n) is 2.01. The SMILES string of the molecule is CCc1cccc(S(=O)(=O)NCC2(O)CCC2)c1. The highest BCUT2D eigenvalue weighted by Crippen LogP contribution is 2.31. The van der Waals surface area contributed by atoms with E-state index in [0.717, 1.165) is 18.4 Å². The molecule has 0 heterocycles. The normalized spacial score (nSPS) is 18.3. The molecule has 0 bridgehead atoms. The molecule has 1 aliphatic rings. The van der Waals surface area contributed by atoms with Crippen LogP contribution in [0.4, 0.5) is 0 Å². The van der Waals surface area contributed by atoms with Crippen molar-refractivity contribution in [1.82, 2.24) is 4.72 Å². The molecule has 0 aromatic heterocycles. The van der Waals surface area contributed by atoms with E-state index in [-0.39, 0.29) is 11.4 Å². The van der Waals surface area contributed by atoms with E-state index in [2.05, 4.69) is 4.72 Å². The lowest BCUT2D eigenvalue weighted by Gasteiger charge is -2.36. The van der Waals surface area contributed by atoms with Gasteiger partial charge >= 0.3 is 0 Å². The van der Waals surface area contributed by atoms with Crippen LogP contribution in [-0.4, -0.2) is 25.7 Å². The van der Waals surface area contributed by atoms with Crippen LogP contribution in [-0.2, 0) is 16.4 Å². The van der Waals surface area contributed by atoms with Crippen molar-refractivity contribution in [1.29, 1.82) is 0 Å². The molecule has 2 N–H and O–H groups in total. The van der Waals surface area contributed by atoms with Gasteiger partial charge in [-0.05, 0) is 43.4 Å². The Morgan fingerprint density at radius 1 is 1.39 bits per heavy atom. The first-order valence-electron chi connectivity index (χ1n) is 6.26. The Labute approximate surface area is 108 Å². The molecule has 1 aliphatic carbocycles. The third-order valence-corrected chi connectivity index (χ3v) is 4.89.